The third-order valence-electron chi connectivity index (χ3n) is 4.57. The van der Waals surface area contributed by atoms with Crippen LogP contribution in [0.2, 0.25) is 0 Å². The Morgan fingerprint density at radius 1 is 1.25 bits per heavy atom. The number of halogens is 3. The highest BCUT2D eigenvalue weighted by Crippen LogP contribution is 2.36. The Labute approximate surface area is 162 Å². The molecule has 0 spiro atoms. The summed E-state index contributed by atoms with van der Waals surface area (Å²) < 4.78 is 45.7. The number of alkyl halides is 3. The third kappa shape index (κ3) is 6.00. The lowest BCUT2D eigenvalue weighted by atomic mass is 9.88. The van der Waals surface area contributed by atoms with Gasteiger partial charge < -0.3 is 9.64 Å². The highest BCUT2D eigenvalue weighted by molar-refractivity contribution is 5.68. The molecule has 2 rings (SSSR count). The number of hydrogen-bond donors (Lipinski definition) is 1. The van der Waals surface area contributed by atoms with Crippen LogP contribution in [0.25, 0.3) is 0 Å². The number of likely N-dealkylation sites (tertiary alicyclic amines) is 1. The molecule has 158 valence electrons. The standard InChI is InChI=1S/C19H27F3N2O4/c1-18(2,3)28-17(25)23-9-7-13(8-10-23)11-14-5-6-15(24(26)27-4)12-16(14)19(20,21)22/h5-6,12-13,26H,7-11H2,1-4H3. The zero-order valence-electron chi connectivity index (χ0n) is 16.5. The lowest BCUT2D eigenvalue weighted by Crippen LogP contribution is -2.42. The first-order valence-electron chi connectivity index (χ1n) is 9.12. The Morgan fingerprint density at radius 3 is 2.36 bits per heavy atom. The van der Waals surface area contributed by atoms with Gasteiger partial charge in [0, 0.05) is 13.1 Å². The lowest BCUT2D eigenvalue weighted by molar-refractivity contribution is -0.138. The van der Waals surface area contributed by atoms with Gasteiger partial charge in [-0.1, -0.05) is 6.07 Å². The van der Waals surface area contributed by atoms with Crippen molar-refractivity contribution in [2.75, 3.05) is 25.4 Å². The first kappa shape index (κ1) is 22.3. The zero-order valence-corrected chi connectivity index (χ0v) is 16.5. The van der Waals surface area contributed by atoms with E-state index in [1.807, 2.05) is 0 Å². The second kappa shape index (κ2) is 8.57. The molecule has 0 aromatic heterocycles. The van der Waals surface area contributed by atoms with Gasteiger partial charge in [-0.3, -0.25) is 10.0 Å². The molecule has 0 unspecified atom stereocenters. The van der Waals surface area contributed by atoms with Crippen molar-refractivity contribution >= 4 is 11.8 Å². The summed E-state index contributed by atoms with van der Waals surface area (Å²) in [6.07, 6.45) is -3.49. The number of carbonyl (C=O) groups excluding carboxylic acids is 1. The summed E-state index contributed by atoms with van der Waals surface area (Å²) in [5.41, 5.74) is -1.31. The molecule has 0 atom stereocenters. The minimum Gasteiger partial charge on any atom is -0.444 e. The highest BCUT2D eigenvalue weighted by atomic mass is 19.4. The molecule has 9 heteroatoms. The minimum atomic E-state index is -4.54. The number of benzene rings is 1. The van der Waals surface area contributed by atoms with Crippen molar-refractivity contribution in [3.8, 4) is 0 Å². The van der Waals surface area contributed by atoms with Crippen LogP contribution in [0.4, 0.5) is 23.7 Å². The van der Waals surface area contributed by atoms with E-state index < -0.39 is 23.4 Å². The van der Waals surface area contributed by atoms with Crippen molar-refractivity contribution in [3.05, 3.63) is 29.3 Å². The molecule has 1 aromatic rings. The fourth-order valence-corrected chi connectivity index (χ4v) is 3.19. The number of rotatable bonds is 4. The van der Waals surface area contributed by atoms with Crippen LogP contribution < -0.4 is 5.23 Å². The maximum absolute atomic E-state index is 13.5. The fraction of sp³-hybridized carbons (Fsp3) is 0.632. The molecular formula is C19H27F3N2O4. The molecular weight excluding hydrogens is 377 g/mol. The van der Waals surface area contributed by atoms with Gasteiger partial charge in [-0.05, 0) is 63.6 Å². The molecule has 1 aliphatic rings. The second-order valence-corrected chi connectivity index (χ2v) is 7.91. The van der Waals surface area contributed by atoms with E-state index in [-0.39, 0.29) is 23.6 Å². The van der Waals surface area contributed by atoms with Gasteiger partial charge in [0.05, 0.1) is 18.4 Å². The van der Waals surface area contributed by atoms with Crippen LogP contribution in [-0.4, -0.2) is 42.0 Å². The van der Waals surface area contributed by atoms with Gasteiger partial charge in [0.1, 0.15) is 5.60 Å². The Morgan fingerprint density at radius 2 is 1.86 bits per heavy atom. The molecule has 1 aromatic carbocycles. The summed E-state index contributed by atoms with van der Waals surface area (Å²) in [6, 6.07) is 3.61. The SMILES string of the molecule is CON(O)c1ccc(CC2CCN(C(=O)OC(C)(C)C)CC2)c(C(F)(F)F)c1. The molecule has 1 aliphatic heterocycles. The van der Waals surface area contributed by atoms with E-state index in [1.165, 1.54) is 12.1 Å². The Balaban J connectivity index is 2.05. The second-order valence-electron chi connectivity index (χ2n) is 7.91. The molecule has 0 aliphatic carbocycles. The van der Waals surface area contributed by atoms with Gasteiger partial charge in [-0.25, -0.2) is 4.79 Å². The van der Waals surface area contributed by atoms with Crippen molar-refractivity contribution in [2.45, 2.75) is 51.8 Å². The summed E-state index contributed by atoms with van der Waals surface area (Å²) in [4.78, 5) is 18.2. The largest absolute Gasteiger partial charge is 0.444 e. The minimum absolute atomic E-state index is 0.0262. The fourth-order valence-electron chi connectivity index (χ4n) is 3.19. The van der Waals surface area contributed by atoms with E-state index in [1.54, 1.807) is 25.7 Å². The first-order chi connectivity index (χ1) is 12.9. The topological polar surface area (TPSA) is 62.2 Å². The number of piperidine rings is 1. The van der Waals surface area contributed by atoms with Gasteiger partial charge in [0.25, 0.3) is 0 Å². The molecule has 1 amide bonds. The molecule has 1 saturated heterocycles. The van der Waals surface area contributed by atoms with Crippen LogP contribution in [0.15, 0.2) is 18.2 Å². The molecule has 1 fully saturated rings. The summed E-state index contributed by atoms with van der Waals surface area (Å²) in [6.45, 7) is 6.27. The average molecular weight is 404 g/mol. The molecule has 28 heavy (non-hydrogen) atoms. The van der Waals surface area contributed by atoms with Gasteiger partial charge in [0.2, 0.25) is 0 Å². The predicted molar refractivity (Wildman–Crippen MR) is 97.0 cm³/mol. The van der Waals surface area contributed by atoms with E-state index in [0.29, 0.717) is 31.2 Å². The van der Waals surface area contributed by atoms with E-state index in [2.05, 4.69) is 4.84 Å². The predicted octanol–water partition coefficient (Wildman–Crippen LogP) is 4.65. The monoisotopic (exact) mass is 404 g/mol. The molecule has 1 N–H and O–H groups in total. The summed E-state index contributed by atoms with van der Waals surface area (Å²) >= 11 is 0. The Hall–Kier alpha value is -2.00. The number of carbonyl (C=O) groups is 1. The molecule has 0 bridgehead atoms. The average Bonchev–Trinajstić information content (AvgIpc) is 2.59. The summed E-state index contributed by atoms with van der Waals surface area (Å²) in [7, 11) is 1.15. The smallest absolute Gasteiger partial charge is 0.416 e. The normalized spacial score (nSPS) is 16.2. The molecule has 0 radical (unpaired) electrons. The molecule has 1 heterocycles. The van der Waals surface area contributed by atoms with Crippen LogP contribution in [0.3, 0.4) is 0 Å². The van der Waals surface area contributed by atoms with Crippen LogP contribution in [-0.2, 0) is 22.2 Å². The third-order valence-corrected chi connectivity index (χ3v) is 4.57. The maximum atomic E-state index is 13.5. The van der Waals surface area contributed by atoms with E-state index in [9.17, 15) is 23.2 Å². The van der Waals surface area contributed by atoms with Crippen LogP contribution in [0, 0.1) is 5.92 Å². The van der Waals surface area contributed by atoms with Gasteiger partial charge in [0.15, 0.2) is 0 Å². The molecule has 0 saturated carbocycles. The van der Waals surface area contributed by atoms with Crippen molar-refractivity contribution in [1.29, 1.82) is 0 Å². The van der Waals surface area contributed by atoms with Crippen LogP contribution in [0.5, 0.6) is 0 Å². The summed E-state index contributed by atoms with van der Waals surface area (Å²) in [5.74, 6) is 0.0262. The highest BCUT2D eigenvalue weighted by Gasteiger charge is 2.35. The quantitative estimate of drug-likeness (QED) is 0.740. The number of ether oxygens (including phenoxy) is 1. The van der Waals surface area contributed by atoms with Gasteiger partial charge in [-0.15, -0.1) is 5.23 Å². The van der Waals surface area contributed by atoms with Crippen LogP contribution in [0.1, 0.15) is 44.7 Å². The van der Waals surface area contributed by atoms with Crippen molar-refractivity contribution in [2.24, 2.45) is 5.92 Å². The first-order valence-corrected chi connectivity index (χ1v) is 9.12. The van der Waals surface area contributed by atoms with E-state index in [0.717, 1.165) is 13.2 Å². The zero-order chi connectivity index (χ0) is 21.1. The number of anilines is 1. The Bertz CT molecular complexity index is 681. The van der Waals surface area contributed by atoms with Crippen molar-refractivity contribution in [1.82, 2.24) is 4.90 Å². The number of nitrogens with zero attached hydrogens (tertiary/aromatic N) is 2. The number of hydrogen-bond acceptors (Lipinski definition) is 5. The Kier molecular flexibility index (Phi) is 6.82. The van der Waals surface area contributed by atoms with Crippen molar-refractivity contribution in [3.63, 3.8) is 0 Å². The van der Waals surface area contributed by atoms with Gasteiger partial charge in [-0.2, -0.15) is 13.2 Å². The van der Waals surface area contributed by atoms with Crippen molar-refractivity contribution < 1.29 is 32.7 Å². The lowest BCUT2D eigenvalue weighted by Gasteiger charge is -2.33. The molecule has 6 nitrogen and oxygen atoms in total. The van der Waals surface area contributed by atoms with Gasteiger partial charge >= 0.3 is 12.3 Å². The maximum Gasteiger partial charge on any atom is 0.416 e. The van der Waals surface area contributed by atoms with Crippen LogP contribution >= 0.6 is 0 Å². The summed E-state index contributed by atoms with van der Waals surface area (Å²) in [5, 5.41) is 9.78. The van der Waals surface area contributed by atoms with E-state index >= 15 is 0 Å². The number of amides is 1. The van der Waals surface area contributed by atoms with E-state index in [4.69, 9.17) is 4.74 Å².